The zero-order chi connectivity index (χ0) is 12.7. The molecule has 0 aliphatic carbocycles. The number of fused-ring (bicyclic) bond motifs is 2. The van der Waals surface area contributed by atoms with E-state index in [2.05, 4.69) is 33.0 Å². The van der Waals surface area contributed by atoms with Gasteiger partial charge in [-0.3, -0.25) is 0 Å². The van der Waals surface area contributed by atoms with Crippen molar-refractivity contribution < 1.29 is 5.11 Å². The van der Waals surface area contributed by atoms with Gasteiger partial charge in [-0.1, -0.05) is 24.3 Å². The molecule has 0 saturated carbocycles. The van der Waals surface area contributed by atoms with Crippen LogP contribution in [0.3, 0.4) is 0 Å². The second-order valence-corrected chi connectivity index (χ2v) is 6.65. The highest BCUT2D eigenvalue weighted by Crippen LogP contribution is 2.42. The summed E-state index contributed by atoms with van der Waals surface area (Å²) in [5.74, 6) is 0. The van der Waals surface area contributed by atoms with Crippen molar-refractivity contribution in [2.24, 2.45) is 0 Å². The Balaban J connectivity index is 2.21. The van der Waals surface area contributed by atoms with E-state index in [9.17, 15) is 5.11 Å². The first kappa shape index (κ1) is 12.3. The molecule has 0 aromatic heterocycles. The van der Waals surface area contributed by atoms with Gasteiger partial charge in [0.05, 0.1) is 5.69 Å². The SMILES string of the molecule is CN1Sc2cc(I)ccc2C(O)c2ccccc21. The van der Waals surface area contributed by atoms with Crippen molar-refractivity contribution in [2.75, 3.05) is 11.4 Å². The smallest absolute Gasteiger partial charge is 0.107 e. The molecule has 1 aliphatic heterocycles. The van der Waals surface area contributed by atoms with Gasteiger partial charge in [-0.25, -0.2) is 0 Å². The molecular formula is C14H12INOS. The minimum atomic E-state index is -0.550. The Labute approximate surface area is 124 Å². The summed E-state index contributed by atoms with van der Waals surface area (Å²) in [6.45, 7) is 0. The fraction of sp³-hybridized carbons (Fsp3) is 0.143. The lowest BCUT2D eigenvalue weighted by atomic mass is 10.00. The molecule has 4 heteroatoms. The van der Waals surface area contributed by atoms with Gasteiger partial charge in [0.1, 0.15) is 6.10 Å². The van der Waals surface area contributed by atoms with Crippen LogP contribution >= 0.6 is 34.5 Å². The van der Waals surface area contributed by atoms with Crippen molar-refractivity contribution in [1.82, 2.24) is 0 Å². The fourth-order valence-electron chi connectivity index (χ4n) is 2.18. The normalized spacial score (nSPS) is 17.9. The molecule has 1 heterocycles. The predicted molar refractivity (Wildman–Crippen MR) is 83.9 cm³/mol. The van der Waals surface area contributed by atoms with Gasteiger partial charge in [0.25, 0.3) is 0 Å². The van der Waals surface area contributed by atoms with Crippen molar-refractivity contribution in [3.05, 3.63) is 57.2 Å². The maximum absolute atomic E-state index is 10.6. The lowest BCUT2D eigenvalue weighted by molar-refractivity contribution is 0.218. The maximum atomic E-state index is 10.6. The summed E-state index contributed by atoms with van der Waals surface area (Å²) in [5.41, 5.74) is 3.02. The van der Waals surface area contributed by atoms with E-state index in [1.54, 1.807) is 11.9 Å². The van der Waals surface area contributed by atoms with Crippen LogP contribution in [0.15, 0.2) is 47.4 Å². The van der Waals surface area contributed by atoms with Crippen LogP contribution in [0.4, 0.5) is 5.69 Å². The Morgan fingerprint density at radius 1 is 1.17 bits per heavy atom. The topological polar surface area (TPSA) is 23.5 Å². The molecule has 1 unspecified atom stereocenters. The predicted octanol–water partition coefficient (Wildman–Crippen LogP) is 3.83. The van der Waals surface area contributed by atoms with E-state index < -0.39 is 6.10 Å². The van der Waals surface area contributed by atoms with Crippen LogP contribution in [-0.4, -0.2) is 12.2 Å². The number of rotatable bonds is 0. The Kier molecular flexibility index (Phi) is 3.25. The number of hydrogen-bond acceptors (Lipinski definition) is 3. The molecule has 0 bridgehead atoms. The summed E-state index contributed by atoms with van der Waals surface area (Å²) in [7, 11) is 2.03. The molecule has 0 amide bonds. The minimum absolute atomic E-state index is 0.550. The van der Waals surface area contributed by atoms with E-state index in [-0.39, 0.29) is 0 Å². The van der Waals surface area contributed by atoms with Crippen LogP contribution in [0.1, 0.15) is 17.2 Å². The summed E-state index contributed by atoms with van der Waals surface area (Å²) >= 11 is 3.96. The first-order valence-electron chi connectivity index (χ1n) is 5.65. The van der Waals surface area contributed by atoms with E-state index >= 15 is 0 Å². The van der Waals surface area contributed by atoms with Crippen LogP contribution in [0.25, 0.3) is 0 Å². The molecular weight excluding hydrogens is 357 g/mol. The molecule has 1 atom stereocenters. The molecule has 2 aromatic rings. The van der Waals surface area contributed by atoms with Gasteiger partial charge in [-0.05, 0) is 52.7 Å². The van der Waals surface area contributed by atoms with Gasteiger partial charge in [0.15, 0.2) is 0 Å². The summed E-state index contributed by atoms with van der Waals surface area (Å²) in [4.78, 5) is 1.12. The van der Waals surface area contributed by atoms with Gasteiger partial charge in [-0.2, -0.15) is 0 Å². The van der Waals surface area contributed by atoms with Gasteiger partial charge in [0, 0.05) is 26.6 Å². The zero-order valence-electron chi connectivity index (χ0n) is 9.80. The van der Waals surface area contributed by atoms with E-state index in [1.807, 2.05) is 43.4 Å². The van der Waals surface area contributed by atoms with Crippen LogP contribution in [-0.2, 0) is 0 Å². The lowest BCUT2D eigenvalue weighted by Gasteiger charge is -2.18. The van der Waals surface area contributed by atoms with E-state index in [4.69, 9.17) is 0 Å². The third kappa shape index (κ3) is 2.02. The zero-order valence-corrected chi connectivity index (χ0v) is 12.8. The summed E-state index contributed by atoms with van der Waals surface area (Å²) in [6, 6.07) is 14.2. The summed E-state index contributed by atoms with van der Waals surface area (Å²) < 4.78 is 3.30. The highest BCUT2D eigenvalue weighted by Gasteiger charge is 2.24. The number of para-hydroxylation sites is 1. The summed E-state index contributed by atoms with van der Waals surface area (Å²) in [6.07, 6.45) is -0.550. The van der Waals surface area contributed by atoms with Crippen LogP contribution < -0.4 is 4.31 Å². The first-order chi connectivity index (χ1) is 8.66. The number of aliphatic hydroxyl groups is 1. The first-order valence-corrected chi connectivity index (χ1v) is 7.50. The number of halogens is 1. The number of anilines is 1. The molecule has 0 saturated heterocycles. The maximum Gasteiger partial charge on any atom is 0.107 e. The van der Waals surface area contributed by atoms with Crippen molar-refractivity contribution in [1.29, 1.82) is 0 Å². The van der Waals surface area contributed by atoms with Gasteiger partial charge >= 0.3 is 0 Å². The number of hydrogen-bond donors (Lipinski definition) is 1. The van der Waals surface area contributed by atoms with Crippen LogP contribution in [0.5, 0.6) is 0 Å². The quantitative estimate of drug-likeness (QED) is 0.564. The molecule has 2 aromatic carbocycles. The second-order valence-electron chi connectivity index (χ2n) is 4.23. The minimum Gasteiger partial charge on any atom is -0.384 e. The number of benzene rings is 2. The molecule has 0 spiro atoms. The Hall–Kier alpha value is -0.720. The lowest BCUT2D eigenvalue weighted by Crippen LogP contribution is -2.07. The molecule has 18 heavy (non-hydrogen) atoms. The Morgan fingerprint density at radius 2 is 1.94 bits per heavy atom. The van der Waals surface area contributed by atoms with E-state index in [0.29, 0.717) is 0 Å². The van der Waals surface area contributed by atoms with Crippen molar-refractivity contribution in [3.63, 3.8) is 0 Å². The van der Waals surface area contributed by atoms with Crippen LogP contribution in [0.2, 0.25) is 0 Å². The molecule has 92 valence electrons. The highest BCUT2D eigenvalue weighted by atomic mass is 127. The van der Waals surface area contributed by atoms with Gasteiger partial charge < -0.3 is 9.41 Å². The van der Waals surface area contributed by atoms with E-state index in [1.165, 1.54) is 3.57 Å². The van der Waals surface area contributed by atoms with Crippen LogP contribution in [0, 0.1) is 3.57 Å². The molecule has 1 N–H and O–H groups in total. The Bertz CT molecular complexity index is 602. The van der Waals surface area contributed by atoms with Gasteiger partial charge in [0.2, 0.25) is 0 Å². The molecule has 1 aliphatic rings. The van der Waals surface area contributed by atoms with Crippen molar-refractivity contribution >= 4 is 40.2 Å². The van der Waals surface area contributed by atoms with Gasteiger partial charge in [-0.15, -0.1) is 0 Å². The number of nitrogens with zero attached hydrogens (tertiary/aromatic N) is 1. The number of aliphatic hydroxyl groups excluding tert-OH is 1. The molecule has 0 radical (unpaired) electrons. The highest BCUT2D eigenvalue weighted by molar-refractivity contribution is 14.1. The molecule has 0 fully saturated rings. The standard InChI is InChI=1S/C14H12INOS/c1-16-12-5-3-2-4-10(12)14(17)11-7-6-9(15)8-13(11)18-16/h2-8,14,17H,1H3. The third-order valence-corrected chi connectivity index (χ3v) is 4.77. The fourth-order valence-corrected chi connectivity index (χ4v) is 3.91. The summed E-state index contributed by atoms with van der Waals surface area (Å²) in [5, 5.41) is 10.6. The monoisotopic (exact) mass is 369 g/mol. The molecule has 3 rings (SSSR count). The van der Waals surface area contributed by atoms with E-state index in [0.717, 1.165) is 21.7 Å². The average molecular weight is 369 g/mol. The second kappa shape index (κ2) is 4.75. The largest absolute Gasteiger partial charge is 0.384 e. The third-order valence-electron chi connectivity index (χ3n) is 3.08. The van der Waals surface area contributed by atoms with Crippen molar-refractivity contribution in [2.45, 2.75) is 11.0 Å². The Morgan fingerprint density at radius 3 is 2.78 bits per heavy atom. The van der Waals surface area contributed by atoms with Crippen molar-refractivity contribution in [3.8, 4) is 0 Å². The molecule has 2 nitrogen and oxygen atoms in total. The average Bonchev–Trinajstić information content (AvgIpc) is 2.47.